The average Bonchev–Trinajstić information content (AvgIpc) is 2.42. The summed E-state index contributed by atoms with van der Waals surface area (Å²) in [5.41, 5.74) is 0. The maximum Gasteiger partial charge on any atom is 0.222 e. The van der Waals surface area contributed by atoms with Crippen molar-refractivity contribution in [2.75, 3.05) is 26.7 Å². The lowest BCUT2D eigenvalue weighted by atomic mass is 9.96. The van der Waals surface area contributed by atoms with Crippen molar-refractivity contribution in [2.24, 2.45) is 5.92 Å². The van der Waals surface area contributed by atoms with Gasteiger partial charge in [-0.05, 0) is 59.0 Å². The van der Waals surface area contributed by atoms with Crippen molar-refractivity contribution >= 4 is 5.91 Å². The Hall–Kier alpha value is -0.610. The summed E-state index contributed by atoms with van der Waals surface area (Å²) in [6.07, 6.45) is 3.94. The third-order valence-electron chi connectivity index (χ3n) is 4.02. The molecule has 0 saturated carbocycles. The van der Waals surface area contributed by atoms with Crippen LogP contribution in [0.5, 0.6) is 0 Å². The Balaban J connectivity index is 2.43. The number of methoxy groups -OCH3 is 1. The van der Waals surface area contributed by atoms with E-state index in [1.165, 1.54) is 12.8 Å². The molecule has 1 aliphatic heterocycles. The van der Waals surface area contributed by atoms with Crippen LogP contribution in [0.15, 0.2) is 0 Å². The molecule has 0 radical (unpaired) electrons. The Bertz CT molecular complexity index is 263. The van der Waals surface area contributed by atoms with Gasteiger partial charge in [-0.25, -0.2) is 0 Å². The Labute approximate surface area is 117 Å². The molecule has 4 heteroatoms. The summed E-state index contributed by atoms with van der Waals surface area (Å²) >= 11 is 0. The number of hydrogen-bond acceptors (Lipinski definition) is 3. The summed E-state index contributed by atoms with van der Waals surface area (Å²) in [6, 6.07) is 0.292. The van der Waals surface area contributed by atoms with Crippen LogP contribution in [0.2, 0.25) is 0 Å². The fourth-order valence-electron chi connectivity index (χ4n) is 2.53. The average molecular weight is 270 g/mol. The van der Waals surface area contributed by atoms with E-state index in [1.54, 1.807) is 7.11 Å². The van der Waals surface area contributed by atoms with Crippen molar-refractivity contribution in [3.63, 3.8) is 0 Å². The second-order valence-corrected chi connectivity index (χ2v) is 5.92. The molecule has 1 rings (SSSR count). The van der Waals surface area contributed by atoms with Crippen molar-refractivity contribution in [1.82, 2.24) is 10.2 Å². The molecule has 1 aliphatic rings. The Morgan fingerprint density at radius 3 is 2.47 bits per heavy atom. The third kappa shape index (κ3) is 5.91. The van der Waals surface area contributed by atoms with Crippen molar-refractivity contribution in [1.29, 1.82) is 0 Å². The monoisotopic (exact) mass is 270 g/mol. The van der Waals surface area contributed by atoms with Crippen molar-refractivity contribution in [3.05, 3.63) is 0 Å². The smallest absolute Gasteiger partial charge is 0.222 e. The van der Waals surface area contributed by atoms with Gasteiger partial charge in [-0.15, -0.1) is 0 Å². The highest BCUT2D eigenvalue weighted by molar-refractivity contribution is 5.76. The minimum atomic E-state index is 0.164. The number of piperidine rings is 1. The van der Waals surface area contributed by atoms with Gasteiger partial charge in [0.05, 0.1) is 6.10 Å². The predicted molar refractivity (Wildman–Crippen MR) is 78.1 cm³/mol. The third-order valence-corrected chi connectivity index (χ3v) is 4.02. The van der Waals surface area contributed by atoms with Gasteiger partial charge >= 0.3 is 0 Å². The van der Waals surface area contributed by atoms with Crippen LogP contribution in [0.3, 0.4) is 0 Å². The topological polar surface area (TPSA) is 41.6 Å². The van der Waals surface area contributed by atoms with Crippen LogP contribution in [0, 0.1) is 5.92 Å². The van der Waals surface area contributed by atoms with E-state index >= 15 is 0 Å². The fraction of sp³-hybridized carbons (Fsp3) is 0.933. The molecule has 1 heterocycles. The minimum Gasteiger partial charge on any atom is -0.382 e. The molecule has 0 aromatic carbocycles. The lowest BCUT2D eigenvalue weighted by Crippen LogP contribution is -2.43. The molecule has 1 atom stereocenters. The van der Waals surface area contributed by atoms with Gasteiger partial charge in [-0.1, -0.05) is 0 Å². The lowest BCUT2D eigenvalue weighted by molar-refractivity contribution is -0.134. The highest BCUT2D eigenvalue weighted by Gasteiger charge is 2.22. The number of nitrogens with one attached hydrogen (secondary N) is 1. The Morgan fingerprint density at radius 2 is 1.95 bits per heavy atom. The first-order chi connectivity index (χ1) is 9.04. The highest BCUT2D eigenvalue weighted by Crippen LogP contribution is 2.16. The van der Waals surface area contributed by atoms with Gasteiger partial charge in [0.25, 0.3) is 0 Å². The number of ether oxygens (including phenoxy) is 1. The summed E-state index contributed by atoms with van der Waals surface area (Å²) in [5.74, 6) is 0.935. The van der Waals surface area contributed by atoms with Gasteiger partial charge in [0.2, 0.25) is 5.91 Å². The second kappa shape index (κ2) is 8.54. The number of carbonyl (C=O) groups excluding carboxylic acids is 1. The predicted octanol–water partition coefficient (Wildman–Crippen LogP) is 2.04. The molecule has 19 heavy (non-hydrogen) atoms. The minimum absolute atomic E-state index is 0.164. The Morgan fingerprint density at radius 1 is 1.32 bits per heavy atom. The van der Waals surface area contributed by atoms with Crippen molar-refractivity contribution in [2.45, 2.75) is 58.6 Å². The van der Waals surface area contributed by atoms with Gasteiger partial charge in [-0.2, -0.15) is 0 Å². The van der Waals surface area contributed by atoms with E-state index < -0.39 is 0 Å². The summed E-state index contributed by atoms with van der Waals surface area (Å²) in [5, 5.41) is 3.37. The molecular formula is C15H30N2O2. The van der Waals surface area contributed by atoms with E-state index in [0.717, 1.165) is 26.1 Å². The van der Waals surface area contributed by atoms with E-state index in [4.69, 9.17) is 4.74 Å². The quantitative estimate of drug-likeness (QED) is 0.770. The largest absolute Gasteiger partial charge is 0.382 e. The maximum absolute atomic E-state index is 12.3. The summed E-state index contributed by atoms with van der Waals surface area (Å²) < 4.78 is 5.21. The van der Waals surface area contributed by atoms with Crippen molar-refractivity contribution in [3.8, 4) is 0 Å². The first-order valence-electron chi connectivity index (χ1n) is 7.57. The molecule has 0 spiro atoms. The molecule has 0 bridgehead atoms. The van der Waals surface area contributed by atoms with Crippen LogP contribution in [0.1, 0.15) is 46.5 Å². The molecule has 0 aliphatic carbocycles. The fourth-order valence-corrected chi connectivity index (χ4v) is 2.53. The zero-order valence-electron chi connectivity index (χ0n) is 12.9. The molecule has 1 amide bonds. The molecule has 1 unspecified atom stereocenters. The zero-order valence-corrected chi connectivity index (χ0v) is 12.9. The van der Waals surface area contributed by atoms with Crippen LogP contribution in [-0.4, -0.2) is 49.7 Å². The number of hydrogen-bond donors (Lipinski definition) is 1. The van der Waals surface area contributed by atoms with E-state index in [1.807, 2.05) is 6.92 Å². The maximum atomic E-state index is 12.3. The highest BCUT2D eigenvalue weighted by atomic mass is 16.5. The number of amides is 1. The first-order valence-corrected chi connectivity index (χ1v) is 7.57. The van der Waals surface area contributed by atoms with Crippen molar-refractivity contribution < 1.29 is 9.53 Å². The lowest BCUT2D eigenvalue weighted by Gasteiger charge is -2.33. The molecule has 1 fully saturated rings. The molecule has 0 aromatic rings. The molecular weight excluding hydrogens is 240 g/mol. The molecule has 112 valence electrons. The standard InChI is InChI=1S/C15H30N2O2/c1-12(2)17(11-14-7-9-16-10-8-14)15(18)6-5-13(3)19-4/h12-14,16H,5-11H2,1-4H3. The SMILES string of the molecule is COC(C)CCC(=O)N(CC1CCNCC1)C(C)C. The number of nitrogens with zero attached hydrogens (tertiary/aromatic N) is 1. The summed E-state index contributed by atoms with van der Waals surface area (Å²) in [6.45, 7) is 9.33. The molecule has 0 aromatic heterocycles. The van der Waals surface area contributed by atoms with E-state index in [0.29, 0.717) is 18.4 Å². The second-order valence-electron chi connectivity index (χ2n) is 5.92. The van der Waals surface area contributed by atoms with Crippen LogP contribution >= 0.6 is 0 Å². The van der Waals surface area contributed by atoms with E-state index in [2.05, 4.69) is 24.1 Å². The van der Waals surface area contributed by atoms with Gasteiger partial charge in [0.1, 0.15) is 0 Å². The van der Waals surface area contributed by atoms with Gasteiger partial charge in [-0.3, -0.25) is 4.79 Å². The van der Waals surface area contributed by atoms with Gasteiger partial charge in [0.15, 0.2) is 0 Å². The normalized spacial score (nSPS) is 18.6. The summed E-state index contributed by atoms with van der Waals surface area (Å²) in [7, 11) is 1.70. The van der Waals surface area contributed by atoms with Gasteiger partial charge in [0, 0.05) is 26.1 Å². The number of rotatable bonds is 7. The molecule has 4 nitrogen and oxygen atoms in total. The van der Waals surface area contributed by atoms with Gasteiger partial charge < -0.3 is 15.0 Å². The first kappa shape index (κ1) is 16.4. The Kier molecular flexibility index (Phi) is 7.39. The zero-order chi connectivity index (χ0) is 14.3. The number of carbonyl (C=O) groups is 1. The molecule has 1 saturated heterocycles. The van der Waals surface area contributed by atoms with E-state index in [9.17, 15) is 4.79 Å². The van der Waals surface area contributed by atoms with Crippen LogP contribution < -0.4 is 5.32 Å². The molecule has 1 N–H and O–H groups in total. The van der Waals surface area contributed by atoms with Crippen LogP contribution in [-0.2, 0) is 9.53 Å². The van der Waals surface area contributed by atoms with Crippen LogP contribution in [0.25, 0.3) is 0 Å². The van der Waals surface area contributed by atoms with Crippen LogP contribution in [0.4, 0.5) is 0 Å². The van der Waals surface area contributed by atoms with E-state index in [-0.39, 0.29) is 12.0 Å². The summed E-state index contributed by atoms with van der Waals surface area (Å²) in [4.78, 5) is 14.4.